The van der Waals surface area contributed by atoms with Gasteiger partial charge in [-0.15, -0.1) is 11.8 Å². The van der Waals surface area contributed by atoms with Gasteiger partial charge in [-0.1, -0.05) is 18.2 Å². The van der Waals surface area contributed by atoms with Gasteiger partial charge >= 0.3 is 0 Å². The average Bonchev–Trinajstić information content (AvgIpc) is 3.12. The van der Waals surface area contributed by atoms with Crippen LogP contribution in [-0.2, 0) is 4.79 Å². The summed E-state index contributed by atoms with van der Waals surface area (Å²) in [6, 6.07) is 11.9. The van der Waals surface area contributed by atoms with Crippen molar-refractivity contribution in [3.63, 3.8) is 0 Å². The van der Waals surface area contributed by atoms with E-state index in [2.05, 4.69) is 10.3 Å². The van der Waals surface area contributed by atoms with E-state index >= 15 is 0 Å². The number of hydrogen-bond acceptors (Lipinski definition) is 5. The number of ether oxygens (including phenoxy) is 1. The van der Waals surface area contributed by atoms with E-state index in [1.54, 1.807) is 40.9 Å². The molecule has 2 amide bonds. The molecule has 1 aliphatic heterocycles. The van der Waals surface area contributed by atoms with Gasteiger partial charge < -0.3 is 15.0 Å². The predicted octanol–water partition coefficient (Wildman–Crippen LogP) is 2.24. The van der Waals surface area contributed by atoms with Crippen molar-refractivity contribution in [3.05, 3.63) is 54.2 Å². The molecule has 1 fully saturated rings. The minimum Gasteiger partial charge on any atom is -0.481 e. The molecule has 1 saturated heterocycles. The third kappa shape index (κ3) is 3.51. The molecule has 0 radical (unpaired) electrons. The van der Waals surface area contributed by atoms with Gasteiger partial charge in [-0.3, -0.25) is 9.59 Å². The van der Waals surface area contributed by atoms with Crippen molar-refractivity contribution in [1.82, 2.24) is 9.88 Å². The number of thioether (sulfide) groups is 1. The Bertz CT molecular complexity index is 722. The average molecular weight is 343 g/mol. The standard InChI is InChI=1S/C17H17N3O3S/c1-23-15-8-7-13(9-18-15)19-16(21)14-10-24-11-20(14)17(22)12-5-3-2-4-6-12/h2-9,14H,10-11H2,1H3,(H,19,21)/t14-/m0/s1. The van der Waals surface area contributed by atoms with Crippen molar-refractivity contribution in [2.45, 2.75) is 6.04 Å². The number of carbonyl (C=O) groups excluding carboxylic acids is 2. The van der Waals surface area contributed by atoms with Crippen molar-refractivity contribution in [2.75, 3.05) is 24.1 Å². The van der Waals surface area contributed by atoms with Gasteiger partial charge in [-0.25, -0.2) is 4.98 Å². The lowest BCUT2D eigenvalue weighted by atomic mass is 10.1. The van der Waals surface area contributed by atoms with Crippen LogP contribution in [0.15, 0.2) is 48.7 Å². The maximum atomic E-state index is 12.6. The molecular formula is C17H17N3O3S. The van der Waals surface area contributed by atoms with Crippen LogP contribution in [0.4, 0.5) is 5.69 Å². The maximum Gasteiger partial charge on any atom is 0.255 e. The number of pyridine rings is 1. The van der Waals surface area contributed by atoms with Gasteiger partial charge in [0.1, 0.15) is 6.04 Å². The number of hydrogen-bond donors (Lipinski definition) is 1. The van der Waals surface area contributed by atoms with Crippen molar-refractivity contribution >= 4 is 29.3 Å². The minimum absolute atomic E-state index is 0.131. The summed E-state index contributed by atoms with van der Waals surface area (Å²) >= 11 is 1.57. The molecule has 124 valence electrons. The maximum absolute atomic E-state index is 12.6. The van der Waals surface area contributed by atoms with Crippen LogP contribution in [0.5, 0.6) is 5.88 Å². The molecule has 0 spiro atoms. The van der Waals surface area contributed by atoms with Gasteiger partial charge in [0.05, 0.1) is 24.9 Å². The second-order valence-corrected chi connectivity index (χ2v) is 6.23. The number of carbonyl (C=O) groups is 2. The zero-order chi connectivity index (χ0) is 16.9. The zero-order valence-electron chi connectivity index (χ0n) is 13.1. The Morgan fingerprint density at radius 2 is 2.04 bits per heavy atom. The van der Waals surface area contributed by atoms with Gasteiger partial charge in [0, 0.05) is 17.4 Å². The van der Waals surface area contributed by atoms with E-state index in [1.165, 1.54) is 13.3 Å². The van der Waals surface area contributed by atoms with Gasteiger partial charge in [-0.2, -0.15) is 0 Å². The lowest BCUT2D eigenvalue weighted by Crippen LogP contribution is -2.44. The van der Waals surface area contributed by atoms with Crippen LogP contribution in [0.2, 0.25) is 0 Å². The molecule has 1 aliphatic rings. The molecule has 24 heavy (non-hydrogen) atoms. The molecule has 1 aromatic heterocycles. The van der Waals surface area contributed by atoms with E-state index in [0.29, 0.717) is 28.8 Å². The number of benzene rings is 1. The number of nitrogens with one attached hydrogen (secondary N) is 1. The highest BCUT2D eigenvalue weighted by Crippen LogP contribution is 2.24. The number of nitrogens with zero attached hydrogens (tertiary/aromatic N) is 2. The van der Waals surface area contributed by atoms with E-state index in [0.717, 1.165) is 0 Å². The van der Waals surface area contributed by atoms with Crippen molar-refractivity contribution in [3.8, 4) is 5.88 Å². The van der Waals surface area contributed by atoms with Crippen LogP contribution in [-0.4, -0.2) is 46.5 Å². The lowest BCUT2D eigenvalue weighted by molar-refractivity contribution is -0.119. The molecule has 7 heteroatoms. The molecule has 0 aliphatic carbocycles. The van der Waals surface area contributed by atoms with E-state index in [-0.39, 0.29) is 11.8 Å². The number of rotatable bonds is 4. The summed E-state index contributed by atoms with van der Waals surface area (Å²) in [5.74, 6) is 1.22. The first-order valence-corrected chi connectivity index (χ1v) is 8.59. The van der Waals surface area contributed by atoms with Gasteiger partial charge in [-0.05, 0) is 18.2 Å². The highest BCUT2D eigenvalue weighted by molar-refractivity contribution is 7.99. The normalized spacial score (nSPS) is 16.7. The van der Waals surface area contributed by atoms with Crippen molar-refractivity contribution in [2.24, 2.45) is 0 Å². The predicted molar refractivity (Wildman–Crippen MR) is 93.1 cm³/mol. The Balaban J connectivity index is 1.70. The van der Waals surface area contributed by atoms with E-state index < -0.39 is 6.04 Å². The van der Waals surface area contributed by atoms with Gasteiger partial charge in [0.25, 0.3) is 5.91 Å². The van der Waals surface area contributed by atoms with Crippen molar-refractivity contribution < 1.29 is 14.3 Å². The molecule has 6 nitrogen and oxygen atoms in total. The highest BCUT2D eigenvalue weighted by atomic mass is 32.2. The minimum atomic E-state index is -0.496. The van der Waals surface area contributed by atoms with Crippen LogP contribution in [0.1, 0.15) is 10.4 Å². The first-order chi connectivity index (χ1) is 11.7. The summed E-state index contributed by atoms with van der Waals surface area (Å²) in [6.07, 6.45) is 1.53. The van der Waals surface area contributed by atoms with Crippen LogP contribution in [0, 0.1) is 0 Å². The monoisotopic (exact) mass is 343 g/mol. The molecule has 1 N–H and O–H groups in total. The summed E-state index contributed by atoms with van der Waals surface area (Å²) in [4.78, 5) is 30.8. The first-order valence-electron chi connectivity index (χ1n) is 7.43. The third-order valence-electron chi connectivity index (χ3n) is 3.68. The smallest absolute Gasteiger partial charge is 0.255 e. The Morgan fingerprint density at radius 1 is 1.25 bits per heavy atom. The molecule has 2 heterocycles. The topological polar surface area (TPSA) is 71.5 Å². The van der Waals surface area contributed by atoms with Crippen LogP contribution < -0.4 is 10.1 Å². The summed E-state index contributed by atoms with van der Waals surface area (Å²) < 4.78 is 4.99. The lowest BCUT2D eigenvalue weighted by Gasteiger charge is -2.23. The summed E-state index contributed by atoms with van der Waals surface area (Å²) in [5.41, 5.74) is 1.16. The van der Waals surface area contributed by atoms with Gasteiger partial charge in [0.2, 0.25) is 11.8 Å². The fourth-order valence-electron chi connectivity index (χ4n) is 2.41. The summed E-state index contributed by atoms with van der Waals surface area (Å²) in [6.45, 7) is 0. The molecular weight excluding hydrogens is 326 g/mol. The molecule has 1 atom stereocenters. The summed E-state index contributed by atoms with van der Waals surface area (Å²) in [5, 5.41) is 2.81. The first kappa shape index (κ1) is 16.3. The van der Waals surface area contributed by atoms with Crippen LogP contribution in [0.3, 0.4) is 0 Å². The number of anilines is 1. The number of methoxy groups -OCH3 is 1. The fraction of sp³-hybridized carbons (Fsp3) is 0.235. The van der Waals surface area contributed by atoms with Gasteiger partial charge in [0.15, 0.2) is 0 Å². The molecule has 2 aromatic rings. The molecule has 3 rings (SSSR count). The van der Waals surface area contributed by atoms with E-state index in [4.69, 9.17) is 4.74 Å². The fourth-order valence-corrected chi connectivity index (χ4v) is 3.56. The number of aromatic nitrogens is 1. The number of amides is 2. The second-order valence-electron chi connectivity index (χ2n) is 5.24. The Labute approximate surface area is 144 Å². The van der Waals surface area contributed by atoms with Crippen LogP contribution in [0.25, 0.3) is 0 Å². The highest BCUT2D eigenvalue weighted by Gasteiger charge is 2.35. The SMILES string of the molecule is COc1ccc(NC(=O)[C@@H]2CSCN2C(=O)c2ccccc2)cn1. The Hall–Kier alpha value is -2.54. The van der Waals surface area contributed by atoms with Crippen molar-refractivity contribution in [1.29, 1.82) is 0 Å². The largest absolute Gasteiger partial charge is 0.481 e. The summed E-state index contributed by atoms with van der Waals surface area (Å²) in [7, 11) is 1.53. The second kappa shape index (κ2) is 7.35. The van der Waals surface area contributed by atoms with E-state index in [1.807, 2.05) is 18.2 Å². The quantitative estimate of drug-likeness (QED) is 0.922. The molecule has 0 bridgehead atoms. The molecule has 0 saturated carbocycles. The zero-order valence-corrected chi connectivity index (χ0v) is 14.0. The van der Waals surface area contributed by atoms with Crippen LogP contribution >= 0.6 is 11.8 Å². The molecule has 1 aromatic carbocycles. The Morgan fingerprint density at radius 3 is 2.71 bits per heavy atom. The Kier molecular flexibility index (Phi) is 5.00. The third-order valence-corrected chi connectivity index (χ3v) is 4.69. The van der Waals surface area contributed by atoms with E-state index in [9.17, 15) is 9.59 Å². The molecule has 0 unspecified atom stereocenters.